The van der Waals surface area contributed by atoms with Crippen molar-refractivity contribution in [2.75, 3.05) is 11.1 Å². The van der Waals surface area contributed by atoms with Crippen LogP contribution in [0.25, 0.3) is 0 Å². The summed E-state index contributed by atoms with van der Waals surface area (Å²) in [6.07, 6.45) is 4.81. The van der Waals surface area contributed by atoms with Crippen molar-refractivity contribution in [3.63, 3.8) is 0 Å². The Labute approximate surface area is 80.6 Å². The molecule has 6 heteroatoms. The summed E-state index contributed by atoms with van der Waals surface area (Å²) in [4.78, 5) is 7.99. The van der Waals surface area contributed by atoms with E-state index in [4.69, 9.17) is 5.73 Å². The molecule has 2 rings (SSSR count). The number of nitrogen functional groups attached to an aromatic ring is 1. The molecule has 0 spiro atoms. The number of nitrogens with two attached hydrogens (primary N) is 1. The topological polar surface area (TPSA) is 92.5 Å². The van der Waals surface area contributed by atoms with E-state index in [1.807, 2.05) is 6.07 Å². The minimum atomic E-state index is 0.550. The minimum Gasteiger partial charge on any atom is -0.396 e. The number of aromatic nitrogens is 4. The van der Waals surface area contributed by atoms with Gasteiger partial charge in [0, 0.05) is 6.20 Å². The molecule has 0 saturated carbocycles. The third-order valence-electron chi connectivity index (χ3n) is 1.67. The van der Waals surface area contributed by atoms with Gasteiger partial charge in [-0.2, -0.15) is 5.10 Å². The molecule has 0 amide bonds. The van der Waals surface area contributed by atoms with Crippen molar-refractivity contribution in [2.24, 2.45) is 0 Å². The number of anilines is 2. The molecule has 0 unspecified atom stereocenters. The average molecular weight is 190 g/mol. The van der Waals surface area contributed by atoms with Crippen LogP contribution in [0.5, 0.6) is 0 Å². The van der Waals surface area contributed by atoms with E-state index in [2.05, 4.69) is 25.5 Å². The van der Waals surface area contributed by atoms with Gasteiger partial charge in [0.2, 0.25) is 5.95 Å². The Bertz CT molecular complexity index is 379. The Morgan fingerprint density at radius 2 is 2.14 bits per heavy atom. The van der Waals surface area contributed by atoms with Gasteiger partial charge >= 0.3 is 0 Å². The number of hydrogen-bond donors (Lipinski definition) is 3. The zero-order valence-electron chi connectivity index (χ0n) is 7.44. The van der Waals surface area contributed by atoms with Gasteiger partial charge in [-0.25, -0.2) is 9.97 Å². The van der Waals surface area contributed by atoms with E-state index in [1.165, 1.54) is 0 Å². The van der Waals surface area contributed by atoms with Gasteiger partial charge in [-0.15, -0.1) is 0 Å². The minimum absolute atomic E-state index is 0.550. The first-order valence-electron chi connectivity index (χ1n) is 4.14. The standard InChI is InChI=1S/C8H10N6/c9-6-3-10-8(11-4-6)12-5-7-1-2-13-14-7/h1-4H,5,9H2,(H,13,14)(H,10,11,12). The van der Waals surface area contributed by atoms with Crippen LogP contribution in [-0.2, 0) is 6.54 Å². The van der Waals surface area contributed by atoms with Gasteiger partial charge in [-0.1, -0.05) is 0 Å². The first kappa shape index (κ1) is 8.49. The largest absolute Gasteiger partial charge is 0.396 e. The molecule has 0 radical (unpaired) electrons. The van der Waals surface area contributed by atoms with Gasteiger partial charge in [-0.05, 0) is 6.07 Å². The molecule has 4 N–H and O–H groups in total. The zero-order valence-corrected chi connectivity index (χ0v) is 7.44. The Morgan fingerprint density at radius 1 is 1.36 bits per heavy atom. The van der Waals surface area contributed by atoms with Crippen LogP contribution in [0.15, 0.2) is 24.7 Å². The van der Waals surface area contributed by atoms with E-state index >= 15 is 0 Å². The number of aromatic amines is 1. The van der Waals surface area contributed by atoms with Gasteiger partial charge < -0.3 is 11.1 Å². The lowest BCUT2D eigenvalue weighted by Crippen LogP contribution is -2.04. The van der Waals surface area contributed by atoms with Crippen molar-refractivity contribution in [3.8, 4) is 0 Å². The second-order valence-corrected chi connectivity index (χ2v) is 2.78. The summed E-state index contributed by atoms with van der Waals surface area (Å²) in [5.41, 5.74) is 6.98. The van der Waals surface area contributed by atoms with E-state index in [0.29, 0.717) is 18.2 Å². The van der Waals surface area contributed by atoms with E-state index < -0.39 is 0 Å². The summed E-state index contributed by atoms with van der Waals surface area (Å²) in [6, 6.07) is 1.88. The van der Waals surface area contributed by atoms with Crippen LogP contribution in [0.3, 0.4) is 0 Å². The molecule has 0 bridgehead atoms. The van der Waals surface area contributed by atoms with E-state index in [-0.39, 0.29) is 0 Å². The van der Waals surface area contributed by atoms with Gasteiger partial charge in [0.05, 0.1) is 30.3 Å². The van der Waals surface area contributed by atoms with E-state index in [9.17, 15) is 0 Å². The highest BCUT2D eigenvalue weighted by Crippen LogP contribution is 2.02. The molecular formula is C8H10N6. The van der Waals surface area contributed by atoms with Crippen molar-refractivity contribution in [1.29, 1.82) is 0 Å². The predicted molar refractivity (Wildman–Crippen MR) is 52.4 cm³/mol. The van der Waals surface area contributed by atoms with Crippen molar-refractivity contribution in [3.05, 3.63) is 30.4 Å². The van der Waals surface area contributed by atoms with E-state index in [1.54, 1.807) is 18.6 Å². The summed E-state index contributed by atoms with van der Waals surface area (Å²) in [5, 5.41) is 9.67. The molecule has 0 aliphatic carbocycles. The highest BCUT2D eigenvalue weighted by molar-refractivity contribution is 5.35. The lowest BCUT2D eigenvalue weighted by molar-refractivity contribution is 0.962. The quantitative estimate of drug-likeness (QED) is 0.651. The third kappa shape index (κ3) is 1.98. The maximum Gasteiger partial charge on any atom is 0.223 e. The lowest BCUT2D eigenvalue weighted by atomic mass is 10.4. The Morgan fingerprint density at radius 3 is 2.79 bits per heavy atom. The predicted octanol–water partition coefficient (Wildman–Crippen LogP) is 0.394. The smallest absolute Gasteiger partial charge is 0.223 e. The normalized spacial score (nSPS) is 10.0. The molecular weight excluding hydrogens is 180 g/mol. The summed E-state index contributed by atoms with van der Waals surface area (Å²) < 4.78 is 0. The fourth-order valence-electron chi connectivity index (χ4n) is 0.987. The van der Waals surface area contributed by atoms with E-state index in [0.717, 1.165) is 5.69 Å². The molecule has 6 nitrogen and oxygen atoms in total. The molecule has 0 fully saturated rings. The van der Waals surface area contributed by atoms with Crippen LogP contribution in [-0.4, -0.2) is 20.2 Å². The van der Waals surface area contributed by atoms with Crippen molar-refractivity contribution in [2.45, 2.75) is 6.54 Å². The molecule has 0 atom stereocenters. The number of nitrogens with one attached hydrogen (secondary N) is 2. The van der Waals surface area contributed by atoms with Crippen LogP contribution in [0.1, 0.15) is 5.69 Å². The van der Waals surface area contributed by atoms with Crippen LogP contribution in [0, 0.1) is 0 Å². The summed E-state index contributed by atoms with van der Waals surface area (Å²) >= 11 is 0. The monoisotopic (exact) mass is 190 g/mol. The Balaban J connectivity index is 1.95. The Hall–Kier alpha value is -2.11. The SMILES string of the molecule is Nc1cnc(NCc2ccn[nH]2)nc1. The average Bonchev–Trinajstić information content (AvgIpc) is 2.70. The van der Waals surface area contributed by atoms with Crippen molar-refractivity contribution < 1.29 is 0 Å². The molecule has 0 aliphatic rings. The van der Waals surface area contributed by atoms with Crippen molar-refractivity contribution in [1.82, 2.24) is 20.2 Å². The fraction of sp³-hybridized carbons (Fsp3) is 0.125. The van der Waals surface area contributed by atoms with Crippen LogP contribution in [0.2, 0.25) is 0 Å². The highest BCUT2D eigenvalue weighted by atomic mass is 15.1. The molecule has 0 saturated heterocycles. The first-order valence-corrected chi connectivity index (χ1v) is 4.14. The molecule has 14 heavy (non-hydrogen) atoms. The Kier molecular flexibility index (Phi) is 2.26. The molecule has 2 aromatic rings. The van der Waals surface area contributed by atoms with Crippen LogP contribution >= 0.6 is 0 Å². The van der Waals surface area contributed by atoms with Gasteiger partial charge in [0.1, 0.15) is 0 Å². The highest BCUT2D eigenvalue weighted by Gasteiger charge is 1.96. The number of hydrogen-bond acceptors (Lipinski definition) is 5. The summed E-state index contributed by atoms with van der Waals surface area (Å²) in [7, 11) is 0. The lowest BCUT2D eigenvalue weighted by Gasteiger charge is -2.01. The number of H-pyrrole nitrogens is 1. The number of nitrogens with zero attached hydrogens (tertiary/aromatic N) is 3. The maximum atomic E-state index is 5.45. The van der Waals surface area contributed by atoms with Crippen molar-refractivity contribution >= 4 is 11.6 Å². The summed E-state index contributed by atoms with van der Waals surface area (Å²) in [6.45, 7) is 0.615. The van der Waals surface area contributed by atoms with Gasteiger partial charge in [0.25, 0.3) is 0 Å². The molecule has 72 valence electrons. The second-order valence-electron chi connectivity index (χ2n) is 2.78. The molecule has 2 aromatic heterocycles. The van der Waals surface area contributed by atoms with Crippen LogP contribution < -0.4 is 11.1 Å². The molecule has 2 heterocycles. The maximum absolute atomic E-state index is 5.45. The molecule has 0 aliphatic heterocycles. The zero-order chi connectivity index (χ0) is 9.80. The second kappa shape index (κ2) is 3.73. The fourth-order valence-corrected chi connectivity index (χ4v) is 0.987. The number of rotatable bonds is 3. The molecule has 0 aromatic carbocycles. The van der Waals surface area contributed by atoms with Gasteiger partial charge in [0.15, 0.2) is 0 Å². The van der Waals surface area contributed by atoms with Crippen LogP contribution in [0.4, 0.5) is 11.6 Å². The summed E-state index contributed by atoms with van der Waals surface area (Å²) in [5.74, 6) is 0.550. The third-order valence-corrected chi connectivity index (χ3v) is 1.67. The first-order chi connectivity index (χ1) is 6.84. The van der Waals surface area contributed by atoms with Gasteiger partial charge in [-0.3, -0.25) is 5.10 Å².